The zero-order chi connectivity index (χ0) is 18.3. The maximum Gasteiger partial charge on any atom is 0.332 e. The zero-order valence-electron chi connectivity index (χ0n) is 16.5. The minimum atomic E-state index is -0.818. The summed E-state index contributed by atoms with van der Waals surface area (Å²) in [6.07, 6.45) is 20.3. The molecule has 0 heterocycles. The third-order valence-corrected chi connectivity index (χ3v) is 5.51. The normalized spacial score (nSPS) is 21.8. The highest BCUT2D eigenvalue weighted by Crippen LogP contribution is 2.36. The van der Waals surface area contributed by atoms with E-state index in [1.54, 1.807) is 0 Å². The molecule has 1 N–H and O–H groups in total. The molecule has 3 heteroatoms. The van der Waals surface area contributed by atoms with Crippen molar-refractivity contribution in [2.75, 3.05) is 6.61 Å². The van der Waals surface area contributed by atoms with Crippen molar-refractivity contribution in [1.82, 2.24) is 0 Å². The predicted molar refractivity (Wildman–Crippen MR) is 105 cm³/mol. The fraction of sp³-hybridized carbons (Fsp3) is 0.864. The van der Waals surface area contributed by atoms with Crippen LogP contribution >= 0.6 is 0 Å². The van der Waals surface area contributed by atoms with Crippen molar-refractivity contribution in [3.8, 4) is 0 Å². The number of carbonyl (C=O) groups is 1. The lowest BCUT2D eigenvalue weighted by Crippen LogP contribution is -2.23. The molecule has 0 aliphatic heterocycles. The molecule has 0 aromatic carbocycles. The van der Waals surface area contributed by atoms with Gasteiger partial charge in [-0.3, -0.25) is 0 Å². The van der Waals surface area contributed by atoms with E-state index in [1.165, 1.54) is 64.2 Å². The van der Waals surface area contributed by atoms with Crippen LogP contribution < -0.4 is 0 Å². The van der Waals surface area contributed by atoms with Gasteiger partial charge in [-0.25, -0.2) is 4.79 Å². The molecule has 0 amide bonds. The quantitative estimate of drug-likeness (QED) is 0.275. The highest BCUT2D eigenvalue weighted by atomic mass is 16.5. The number of ether oxygens (including phenoxy) is 1. The third-order valence-electron chi connectivity index (χ3n) is 5.51. The average Bonchev–Trinajstić information content (AvgIpc) is 3.04. The number of hydrogen-bond donors (Lipinski definition) is 1. The van der Waals surface area contributed by atoms with Gasteiger partial charge in [-0.15, -0.1) is 0 Å². The fourth-order valence-corrected chi connectivity index (χ4v) is 4.03. The number of allylic oxidation sites excluding steroid dienone is 2. The van der Waals surface area contributed by atoms with Crippen molar-refractivity contribution in [1.29, 1.82) is 0 Å². The molecule has 1 saturated carbocycles. The van der Waals surface area contributed by atoms with Crippen LogP contribution in [0.15, 0.2) is 12.2 Å². The Morgan fingerprint density at radius 3 is 2.64 bits per heavy atom. The van der Waals surface area contributed by atoms with E-state index < -0.39 is 12.1 Å². The molecule has 1 unspecified atom stereocenters. The number of unbranched alkanes of at least 4 members (excludes halogenated alkanes) is 6. The van der Waals surface area contributed by atoms with Gasteiger partial charge in [-0.2, -0.15) is 0 Å². The smallest absolute Gasteiger partial charge is 0.332 e. The van der Waals surface area contributed by atoms with Gasteiger partial charge < -0.3 is 9.84 Å². The molecule has 1 aliphatic carbocycles. The van der Waals surface area contributed by atoms with Crippen molar-refractivity contribution < 1.29 is 14.6 Å². The Balaban J connectivity index is 2.14. The van der Waals surface area contributed by atoms with Gasteiger partial charge in [0.1, 0.15) is 0 Å². The SMILES string of the molecule is CCCCCCC=C[C@H]1CCC[C@@H]1CCCCCC(OCC)C(=O)O. The van der Waals surface area contributed by atoms with Crippen molar-refractivity contribution in [2.45, 2.75) is 103 Å². The molecule has 0 saturated heterocycles. The maximum atomic E-state index is 11.1. The van der Waals surface area contributed by atoms with Gasteiger partial charge in [0.25, 0.3) is 0 Å². The Kier molecular flexibility index (Phi) is 12.8. The molecule has 0 spiro atoms. The van der Waals surface area contributed by atoms with Gasteiger partial charge in [0.05, 0.1) is 0 Å². The first-order chi connectivity index (χ1) is 12.2. The third kappa shape index (κ3) is 10.0. The lowest BCUT2D eigenvalue weighted by Gasteiger charge is -2.16. The van der Waals surface area contributed by atoms with Gasteiger partial charge >= 0.3 is 5.97 Å². The molecular formula is C22H40O3. The van der Waals surface area contributed by atoms with Gasteiger partial charge in [0, 0.05) is 6.61 Å². The van der Waals surface area contributed by atoms with Crippen LogP contribution in [0.4, 0.5) is 0 Å². The Hall–Kier alpha value is -0.830. The predicted octanol–water partition coefficient (Wildman–Crippen LogP) is 6.37. The molecular weight excluding hydrogens is 312 g/mol. The number of rotatable bonds is 15. The van der Waals surface area contributed by atoms with Gasteiger partial charge in [-0.1, -0.05) is 64.0 Å². The van der Waals surface area contributed by atoms with Crippen LogP contribution in [-0.2, 0) is 9.53 Å². The molecule has 0 aromatic heterocycles. The van der Waals surface area contributed by atoms with Crippen molar-refractivity contribution >= 4 is 5.97 Å². The van der Waals surface area contributed by atoms with Crippen LogP contribution in [-0.4, -0.2) is 23.8 Å². The first-order valence-electron chi connectivity index (χ1n) is 10.7. The summed E-state index contributed by atoms with van der Waals surface area (Å²) in [5, 5.41) is 9.09. The van der Waals surface area contributed by atoms with E-state index >= 15 is 0 Å². The van der Waals surface area contributed by atoms with Crippen LogP contribution in [0.1, 0.15) is 97.3 Å². The highest BCUT2D eigenvalue weighted by Gasteiger charge is 2.24. The van der Waals surface area contributed by atoms with Crippen molar-refractivity contribution in [3.05, 3.63) is 12.2 Å². The lowest BCUT2D eigenvalue weighted by atomic mass is 9.90. The molecule has 3 atom stereocenters. The minimum absolute atomic E-state index is 0.478. The Bertz CT molecular complexity index is 364. The maximum absolute atomic E-state index is 11.1. The summed E-state index contributed by atoms with van der Waals surface area (Å²) < 4.78 is 5.27. The van der Waals surface area contributed by atoms with Crippen molar-refractivity contribution in [2.24, 2.45) is 11.8 Å². The largest absolute Gasteiger partial charge is 0.479 e. The average molecular weight is 353 g/mol. The lowest BCUT2D eigenvalue weighted by molar-refractivity contribution is -0.150. The summed E-state index contributed by atoms with van der Waals surface area (Å²) in [6.45, 7) is 4.59. The van der Waals surface area contributed by atoms with Crippen LogP contribution in [0.5, 0.6) is 0 Å². The van der Waals surface area contributed by atoms with E-state index in [0.717, 1.165) is 24.7 Å². The van der Waals surface area contributed by atoms with Crippen molar-refractivity contribution in [3.63, 3.8) is 0 Å². The highest BCUT2D eigenvalue weighted by molar-refractivity contribution is 5.72. The molecule has 146 valence electrons. The van der Waals surface area contributed by atoms with E-state index in [2.05, 4.69) is 19.1 Å². The summed E-state index contributed by atoms with van der Waals surface area (Å²) in [4.78, 5) is 11.1. The van der Waals surface area contributed by atoms with Crippen LogP contribution in [0.25, 0.3) is 0 Å². The second kappa shape index (κ2) is 14.4. The Morgan fingerprint density at radius 1 is 1.12 bits per heavy atom. The summed E-state index contributed by atoms with van der Waals surface area (Å²) in [5.41, 5.74) is 0. The molecule has 1 aliphatic rings. The molecule has 0 bridgehead atoms. The number of hydrogen-bond acceptors (Lipinski definition) is 2. The molecule has 25 heavy (non-hydrogen) atoms. The van der Waals surface area contributed by atoms with E-state index in [1.807, 2.05) is 6.92 Å². The number of carboxylic acid groups (broad SMARTS) is 1. The fourth-order valence-electron chi connectivity index (χ4n) is 4.03. The zero-order valence-corrected chi connectivity index (χ0v) is 16.5. The van der Waals surface area contributed by atoms with E-state index in [9.17, 15) is 4.79 Å². The standard InChI is InChI=1S/C22H40O3/c1-3-5-6-7-8-10-14-19-16-13-17-20(19)15-11-9-12-18-21(22(23)24)25-4-2/h10,14,19-21H,3-9,11-13,15-18H2,1-2H3,(H,23,24)/t19-,20-,21?/m0/s1. The number of carboxylic acids is 1. The second-order valence-electron chi connectivity index (χ2n) is 7.55. The Labute approximate surface area is 155 Å². The minimum Gasteiger partial charge on any atom is -0.479 e. The summed E-state index contributed by atoms with van der Waals surface area (Å²) in [6, 6.07) is 0. The molecule has 1 fully saturated rings. The van der Waals surface area contributed by atoms with E-state index in [0.29, 0.717) is 13.0 Å². The van der Waals surface area contributed by atoms with Gasteiger partial charge in [0.15, 0.2) is 6.10 Å². The molecule has 0 radical (unpaired) electrons. The Morgan fingerprint density at radius 2 is 1.92 bits per heavy atom. The number of aliphatic carboxylic acids is 1. The first-order valence-corrected chi connectivity index (χ1v) is 10.7. The summed E-state index contributed by atoms with van der Waals surface area (Å²) >= 11 is 0. The second-order valence-corrected chi connectivity index (χ2v) is 7.55. The van der Waals surface area contributed by atoms with Crippen LogP contribution in [0.2, 0.25) is 0 Å². The summed E-state index contributed by atoms with van der Waals surface area (Å²) in [5.74, 6) is 0.831. The first kappa shape index (κ1) is 22.2. The van der Waals surface area contributed by atoms with E-state index in [-0.39, 0.29) is 0 Å². The molecule has 1 rings (SSSR count). The van der Waals surface area contributed by atoms with Crippen LogP contribution in [0.3, 0.4) is 0 Å². The molecule has 3 nitrogen and oxygen atoms in total. The van der Waals surface area contributed by atoms with Crippen LogP contribution in [0, 0.1) is 11.8 Å². The van der Waals surface area contributed by atoms with Gasteiger partial charge in [-0.05, 0) is 57.3 Å². The molecule has 0 aromatic rings. The topological polar surface area (TPSA) is 46.5 Å². The summed E-state index contributed by atoms with van der Waals surface area (Å²) in [7, 11) is 0. The van der Waals surface area contributed by atoms with Gasteiger partial charge in [0.2, 0.25) is 0 Å². The monoisotopic (exact) mass is 352 g/mol. The van der Waals surface area contributed by atoms with E-state index in [4.69, 9.17) is 9.84 Å².